The van der Waals surface area contributed by atoms with Crippen LogP contribution in [0, 0.1) is 5.41 Å². The summed E-state index contributed by atoms with van der Waals surface area (Å²) >= 11 is 0. The number of hydrogen-bond acceptors (Lipinski definition) is 4. The maximum Gasteiger partial charge on any atom is 0.282 e. The van der Waals surface area contributed by atoms with Crippen molar-refractivity contribution in [1.82, 2.24) is 0 Å². The topological polar surface area (TPSA) is 36.9 Å². The third-order valence-electron chi connectivity index (χ3n) is 3.75. The van der Waals surface area contributed by atoms with Crippen LogP contribution in [0.3, 0.4) is 0 Å². The van der Waals surface area contributed by atoms with E-state index in [4.69, 9.17) is 18.9 Å². The zero-order valence-corrected chi connectivity index (χ0v) is 11.7. The van der Waals surface area contributed by atoms with Crippen LogP contribution in [-0.2, 0) is 18.9 Å². The first kappa shape index (κ1) is 14.3. The van der Waals surface area contributed by atoms with Crippen molar-refractivity contribution >= 4 is 0 Å². The van der Waals surface area contributed by atoms with Gasteiger partial charge in [0, 0.05) is 25.6 Å². The van der Waals surface area contributed by atoms with Crippen molar-refractivity contribution in [2.24, 2.45) is 5.41 Å². The SMILES string of the molecule is COCCCCCCCC12OCC(C)(CO1)CO2. The Hall–Kier alpha value is -0.160. The van der Waals surface area contributed by atoms with Gasteiger partial charge in [0.25, 0.3) is 5.97 Å². The van der Waals surface area contributed by atoms with Crippen molar-refractivity contribution in [2.75, 3.05) is 33.5 Å². The normalized spacial score (nSPS) is 35.0. The van der Waals surface area contributed by atoms with Gasteiger partial charge in [-0.25, -0.2) is 0 Å². The zero-order valence-electron chi connectivity index (χ0n) is 11.7. The summed E-state index contributed by atoms with van der Waals surface area (Å²) in [6, 6.07) is 0. The lowest BCUT2D eigenvalue weighted by atomic mass is 9.91. The molecule has 4 heteroatoms. The summed E-state index contributed by atoms with van der Waals surface area (Å²) in [7, 11) is 1.76. The number of hydrogen-bond donors (Lipinski definition) is 0. The fraction of sp³-hybridized carbons (Fsp3) is 1.00. The first-order chi connectivity index (χ1) is 8.68. The predicted octanol–water partition coefficient (Wildman–Crippen LogP) is 2.71. The summed E-state index contributed by atoms with van der Waals surface area (Å²) in [5.74, 6) is -0.718. The van der Waals surface area contributed by atoms with Gasteiger partial charge in [0.1, 0.15) is 0 Å². The minimum absolute atomic E-state index is 0.0713. The molecule has 0 atom stereocenters. The van der Waals surface area contributed by atoms with Crippen LogP contribution in [0.4, 0.5) is 0 Å². The van der Waals surface area contributed by atoms with Gasteiger partial charge in [-0.05, 0) is 12.8 Å². The molecule has 4 nitrogen and oxygen atoms in total. The fourth-order valence-electron chi connectivity index (χ4n) is 2.44. The minimum Gasteiger partial charge on any atom is -0.385 e. The molecule has 0 spiro atoms. The zero-order chi connectivity index (χ0) is 12.9. The summed E-state index contributed by atoms with van der Waals surface area (Å²) in [6.07, 6.45) is 6.80. The molecule has 0 aromatic rings. The van der Waals surface area contributed by atoms with E-state index in [0.717, 1.165) is 45.7 Å². The Kier molecular flexibility index (Phi) is 5.01. The van der Waals surface area contributed by atoms with Crippen LogP contribution in [0.5, 0.6) is 0 Å². The Bertz CT molecular complexity index is 230. The molecular weight excluding hydrogens is 232 g/mol. The molecule has 0 aliphatic carbocycles. The van der Waals surface area contributed by atoms with Gasteiger partial charge in [0.05, 0.1) is 19.8 Å². The highest BCUT2D eigenvalue weighted by Crippen LogP contribution is 2.40. The largest absolute Gasteiger partial charge is 0.385 e. The summed E-state index contributed by atoms with van der Waals surface area (Å²) in [5, 5.41) is 0. The Morgan fingerprint density at radius 2 is 1.44 bits per heavy atom. The molecule has 3 saturated heterocycles. The van der Waals surface area contributed by atoms with Gasteiger partial charge in [-0.2, -0.15) is 0 Å². The lowest BCUT2D eigenvalue weighted by Gasteiger charge is -2.50. The Morgan fingerprint density at radius 1 is 0.889 bits per heavy atom. The molecule has 3 rings (SSSR count). The monoisotopic (exact) mass is 258 g/mol. The second-order valence-corrected chi connectivity index (χ2v) is 5.87. The first-order valence-electron chi connectivity index (χ1n) is 7.09. The van der Waals surface area contributed by atoms with E-state index in [1.54, 1.807) is 7.11 Å². The van der Waals surface area contributed by atoms with E-state index in [-0.39, 0.29) is 5.41 Å². The highest BCUT2D eigenvalue weighted by Gasteiger charge is 2.49. The Labute approximate surface area is 110 Å². The summed E-state index contributed by atoms with van der Waals surface area (Å²) in [6.45, 7) is 5.31. The van der Waals surface area contributed by atoms with Crippen molar-refractivity contribution in [2.45, 2.75) is 51.4 Å². The highest BCUT2D eigenvalue weighted by molar-refractivity contribution is 4.84. The predicted molar refractivity (Wildman–Crippen MR) is 68.3 cm³/mol. The third kappa shape index (κ3) is 3.67. The summed E-state index contributed by atoms with van der Waals surface area (Å²) < 4.78 is 22.3. The number of rotatable bonds is 8. The van der Waals surface area contributed by atoms with E-state index in [2.05, 4.69) is 6.92 Å². The van der Waals surface area contributed by atoms with Crippen LogP contribution < -0.4 is 0 Å². The average Bonchev–Trinajstić information content (AvgIpc) is 2.40. The van der Waals surface area contributed by atoms with E-state index in [9.17, 15) is 0 Å². The van der Waals surface area contributed by atoms with Gasteiger partial charge in [-0.15, -0.1) is 0 Å². The quantitative estimate of drug-likeness (QED) is 0.627. The van der Waals surface area contributed by atoms with Gasteiger partial charge in [0.2, 0.25) is 0 Å². The molecule has 3 aliphatic heterocycles. The molecule has 0 N–H and O–H groups in total. The van der Waals surface area contributed by atoms with Crippen molar-refractivity contribution < 1.29 is 18.9 Å². The van der Waals surface area contributed by atoms with Crippen molar-refractivity contribution in [3.63, 3.8) is 0 Å². The Morgan fingerprint density at radius 3 is 2.06 bits per heavy atom. The summed E-state index contributed by atoms with van der Waals surface area (Å²) in [5.41, 5.74) is 0.0713. The van der Waals surface area contributed by atoms with Crippen molar-refractivity contribution in [3.05, 3.63) is 0 Å². The number of fused-ring (bicyclic) bond motifs is 3. The van der Waals surface area contributed by atoms with Crippen LogP contribution >= 0.6 is 0 Å². The van der Waals surface area contributed by atoms with Gasteiger partial charge in [-0.3, -0.25) is 0 Å². The van der Waals surface area contributed by atoms with E-state index < -0.39 is 5.97 Å². The average molecular weight is 258 g/mol. The molecule has 0 amide bonds. The summed E-state index contributed by atoms with van der Waals surface area (Å²) in [4.78, 5) is 0. The maximum atomic E-state index is 5.75. The maximum absolute atomic E-state index is 5.75. The lowest BCUT2D eigenvalue weighted by Crippen LogP contribution is -2.58. The molecule has 0 radical (unpaired) electrons. The second kappa shape index (κ2) is 6.33. The van der Waals surface area contributed by atoms with Gasteiger partial charge in [-0.1, -0.05) is 26.2 Å². The molecule has 106 valence electrons. The molecule has 0 aromatic heterocycles. The number of ether oxygens (including phenoxy) is 4. The number of unbranched alkanes of at least 4 members (excludes halogenated alkanes) is 4. The lowest BCUT2D eigenvalue weighted by molar-refractivity contribution is -0.467. The van der Waals surface area contributed by atoms with E-state index in [1.165, 1.54) is 19.3 Å². The molecule has 3 aliphatic rings. The molecule has 0 saturated carbocycles. The molecule has 3 fully saturated rings. The molecule has 2 bridgehead atoms. The first-order valence-corrected chi connectivity index (χ1v) is 7.09. The minimum atomic E-state index is -0.718. The van der Waals surface area contributed by atoms with Crippen LogP contribution in [0.25, 0.3) is 0 Å². The van der Waals surface area contributed by atoms with Crippen molar-refractivity contribution in [1.29, 1.82) is 0 Å². The molecule has 0 unspecified atom stereocenters. The van der Waals surface area contributed by atoms with E-state index in [1.807, 2.05) is 0 Å². The van der Waals surface area contributed by atoms with Crippen LogP contribution in [0.1, 0.15) is 45.4 Å². The number of methoxy groups -OCH3 is 1. The fourth-order valence-corrected chi connectivity index (χ4v) is 2.44. The van der Waals surface area contributed by atoms with Crippen LogP contribution in [0.15, 0.2) is 0 Å². The second-order valence-electron chi connectivity index (χ2n) is 5.87. The third-order valence-corrected chi connectivity index (χ3v) is 3.75. The molecule has 0 aromatic carbocycles. The highest BCUT2D eigenvalue weighted by atomic mass is 16.9. The van der Waals surface area contributed by atoms with Gasteiger partial charge >= 0.3 is 0 Å². The van der Waals surface area contributed by atoms with Crippen LogP contribution in [-0.4, -0.2) is 39.5 Å². The smallest absolute Gasteiger partial charge is 0.282 e. The molecule has 18 heavy (non-hydrogen) atoms. The van der Waals surface area contributed by atoms with Gasteiger partial charge in [0.15, 0.2) is 0 Å². The Balaban J connectivity index is 1.57. The van der Waals surface area contributed by atoms with Gasteiger partial charge < -0.3 is 18.9 Å². The van der Waals surface area contributed by atoms with E-state index in [0.29, 0.717) is 0 Å². The molecule has 3 heterocycles. The van der Waals surface area contributed by atoms with Crippen LogP contribution in [0.2, 0.25) is 0 Å². The standard InChI is InChI=1S/C14H26O4/c1-13-10-16-14(17-11-13,18-12-13)8-6-4-3-5-7-9-15-2/h3-12H2,1-2H3. The van der Waals surface area contributed by atoms with Crippen molar-refractivity contribution in [3.8, 4) is 0 Å². The van der Waals surface area contributed by atoms with E-state index >= 15 is 0 Å². The molecular formula is C14H26O4.